The number of pyridine rings is 1. The van der Waals surface area contributed by atoms with Crippen LogP contribution in [-0.4, -0.2) is 60.0 Å². The molecule has 182 valence electrons. The summed E-state index contributed by atoms with van der Waals surface area (Å²) in [4.78, 5) is 13.8. The number of aryl methyl sites for hydroxylation is 1. The molecule has 2 aromatic rings. The Balaban J connectivity index is 1.71. The van der Waals surface area contributed by atoms with Gasteiger partial charge in [-0.3, -0.25) is 9.17 Å². The minimum absolute atomic E-state index is 0.158. The molecule has 1 saturated carbocycles. The number of nitrogens with zero attached hydrogens (tertiary/aromatic N) is 3. The van der Waals surface area contributed by atoms with Crippen molar-refractivity contribution in [3.8, 4) is 11.3 Å². The van der Waals surface area contributed by atoms with Gasteiger partial charge in [0.15, 0.2) is 0 Å². The predicted molar refractivity (Wildman–Crippen MR) is 130 cm³/mol. The zero-order valence-corrected chi connectivity index (χ0v) is 20.3. The van der Waals surface area contributed by atoms with Gasteiger partial charge in [0.2, 0.25) is 5.95 Å². The normalized spacial score (nSPS) is 18.8. The Morgan fingerprint density at radius 1 is 1.12 bits per heavy atom. The lowest BCUT2D eigenvalue weighted by atomic mass is 9.93. The first-order valence-corrected chi connectivity index (χ1v) is 13.5. The third-order valence-corrected chi connectivity index (χ3v) is 6.24. The van der Waals surface area contributed by atoms with Crippen molar-refractivity contribution >= 4 is 21.9 Å². The maximum atomic E-state index is 11.1. The Kier molecular flexibility index (Phi) is 9.40. The summed E-state index contributed by atoms with van der Waals surface area (Å²) in [5.41, 5.74) is 2.60. The monoisotopic (exact) mass is 477 g/mol. The van der Waals surface area contributed by atoms with E-state index in [1.54, 1.807) is 12.4 Å². The van der Waals surface area contributed by atoms with E-state index >= 15 is 0 Å². The van der Waals surface area contributed by atoms with E-state index in [0.29, 0.717) is 18.8 Å². The van der Waals surface area contributed by atoms with E-state index in [1.807, 2.05) is 12.1 Å². The standard InChI is InChI=1S/C23H35N5O4S/c1-3-4-13-24-23-26-16-20(22(28-23)27-18-8-10-19(29)11-9-18)21-12-7-17(15-25-21)6-5-14-32-33(2,30)31/h7,12,15-16,18-19,29H,3-6,8-11,13-14H2,1-2H3,(H2,24,26,27,28). The summed E-state index contributed by atoms with van der Waals surface area (Å²) in [6.07, 6.45) is 11.2. The van der Waals surface area contributed by atoms with Crippen molar-refractivity contribution in [1.82, 2.24) is 15.0 Å². The van der Waals surface area contributed by atoms with Crippen LogP contribution in [0.1, 0.15) is 57.4 Å². The summed E-state index contributed by atoms with van der Waals surface area (Å²) >= 11 is 0. The number of hydrogen-bond donors (Lipinski definition) is 3. The van der Waals surface area contributed by atoms with Gasteiger partial charge in [-0.2, -0.15) is 13.4 Å². The number of unbranched alkanes of at least 4 members (excludes halogenated alkanes) is 1. The zero-order valence-electron chi connectivity index (χ0n) is 19.5. The number of aliphatic hydroxyl groups excluding tert-OH is 1. The van der Waals surface area contributed by atoms with Crippen LogP contribution in [0, 0.1) is 0 Å². The highest BCUT2D eigenvalue weighted by Gasteiger charge is 2.21. The van der Waals surface area contributed by atoms with Gasteiger partial charge in [0, 0.05) is 25.0 Å². The number of rotatable bonds is 12. The molecule has 2 heterocycles. The minimum Gasteiger partial charge on any atom is -0.393 e. The number of hydrogen-bond acceptors (Lipinski definition) is 9. The van der Waals surface area contributed by atoms with Gasteiger partial charge >= 0.3 is 0 Å². The summed E-state index contributed by atoms with van der Waals surface area (Å²) in [6.45, 7) is 3.12. The van der Waals surface area contributed by atoms with Crippen LogP contribution >= 0.6 is 0 Å². The fourth-order valence-electron chi connectivity index (χ4n) is 3.77. The van der Waals surface area contributed by atoms with E-state index in [2.05, 4.69) is 27.5 Å². The topological polar surface area (TPSA) is 126 Å². The van der Waals surface area contributed by atoms with Crippen molar-refractivity contribution in [1.29, 1.82) is 0 Å². The molecule has 1 aliphatic rings. The largest absolute Gasteiger partial charge is 0.393 e. The highest BCUT2D eigenvalue weighted by molar-refractivity contribution is 7.85. The summed E-state index contributed by atoms with van der Waals surface area (Å²) in [5, 5.41) is 16.7. The SMILES string of the molecule is CCCCNc1ncc(-c2ccc(CCCOS(C)(=O)=O)cn2)c(NC2CCC(O)CC2)n1. The van der Waals surface area contributed by atoms with Crippen molar-refractivity contribution in [2.45, 2.75) is 70.4 Å². The van der Waals surface area contributed by atoms with Crippen molar-refractivity contribution < 1.29 is 17.7 Å². The summed E-state index contributed by atoms with van der Waals surface area (Å²) < 4.78 is 26.9. The maximum Gasteiger partial charge on any atom is 0.264 e. The molecule has 3 rings (SSSR count). The molecule has 0 radical (unpaired) electrons. The lowest BCUT2D eigenvalue weighted by Gasteiger charge is -2.27. The molecule has 0 aromatic carbocycles. The van der Waals surface area contributed by atoms with Crippen molar-refractivity contribution in [2.24, 2.45) is 0 Å². The quantitative estimate of drug-likeness (QED) is 0.311. The molecule has 33 heavy (non-hydrogen) atoms. The second kappa shape index (κ2) is 12.2. The van der Waals surface area contributed by atoms with Crippen molar-refractivity contribution in [3.05, 3.63) is 30.1 Å². The number of aliphatic hydroxyl groups is 1. The van der Waals surface area contributed by atoms with Crippen molar-refractivity contribution in [3.63, 3.8) is 0 Å². The van der Waals surface area contributed by atoms with Gasteiger partial charge < -0.3 is 15.7 Å². The van der Waals surface area contributed by atoms with Crippen LogP contribution in [0.15, 0.2) is 24.5 Å². The third kappa shape index (κ3) is 8.53. The summed E-state index contributed by atoms with van der Waals surface area (Å²) in [7, 11) is -3.41. The van der Waals surface area contributed by atoms with Crippen LogP contribution in [0.25, 0.3) is 11.3 Å². The highest BCUT2D eigenvalue weighted by atomic mass is 32.2. The number of nitrogens with one attached hydrogen (secondary N) is 2. The molecule has 0 spiro atoms. The molecule has 2 aromatic heterocycles. The molecule has 9 nitrogen and oxygen atoms in total. The number of anilines is 2. The third-order valence-electron chi connectivity index (χ3n) is 5.65. The molecule has 1 aliphatic carbocycles. The molecule has 0 saturated heterocycles. The van der Waals surface area contributed by atoms with Gasteiger partial charge in [-0.25, -0.2) is 4.98 Å². The Labute approximate surface area is 196 Å². The zero-order chi connectivity index (χ0) is 23.7. The molecule has 0 atom stereocenters. The van der Waals surface area contributed by atoms with E-state index < -0.39 is 10.1 Å². The molecule has 0 aliphatic heterocycles. The fourth-order valence-corrected chi connectivity index (χ4v) is 4.19. The summed E-state index contributed by atoms with van der Waals surface area (Å²) in [5.74, 6) is 1.33. The maximum absolute atomic E-state index is 11.1. The Bertz CT molecular complexity index is 977. The van der Waals surface area contributed by atoms with Gasteiger partial charge in [0.25, 0.3) is 10.1 Å². The van der Waals surface area contributed by atoms with Gasteiger partial charge in [-0.1, -0.05) is 19.4 Å². The molecule has 0 unspecified atom stereocenters. The van der Waals surface area contributed by atoms with Crippen molar-refractivity contribution in [2.75, 3.05) is 30.0 Å². The molecule has 3 N–H and O–H groups in total. The van der Waals surface area contributed by atoms with Crippen LogP contribution in [0.2, 0.25) is 0 Å². The van der Waals surface area contributed by atoms with Crippen LogP contribution in [0.5, 0.6) is 0 Å². The molecule has 0 bridgehead atoms. The highest BCUT2D eigenvalue weighted by Crippen LogP contribution is 2.29. The van der Waals surface area contributed by atoms with E-state index in [4.69, 9.17) is 9.17 Å². The van der Waals surface area contributed by atoms with Crippen LogP contribution in [-0.2, 0) is 20.7 Å². The lowest BCUT2D eigenvalue weighted by Crippen LogP contribution is -2.29. The Morgan fingerprint density at radius 2 is 1.91 bits per heavy atom. The van der Waals surface area contributed by atoms with Gasteiger partial charge in [0.05, 0.1) is 30.2 Å². The Morgan fingerprint density at radius 3 is 2.58 bits per heavy atom. The van der Waals surface area contributed by atoms with E-state index in [1.165, 1.54) is 0 Å². The van der Waals surface area contributed by atoms with Gasteiger partial charge in [-0.15, -0.1) is 0 Å². The molecular weight excluding hydrogens is 442 g/mol. The van der Waals surface area contributed by atoms with E-state index in [0.717, 1.165) is 74.0 Å². The average molecular weight is 478 g/mol. The molecular formula is C23H35N5O4S. The molecule has 0 amide bonds. The van der Waals surface area contributed by atoms with Crippen LogP contribution < -0.4 is 10.6 Å². The van der Waals surface area contributed by atoms with Crippen LogP contribution in [0.4, 0.5) is 11.8 Å². The van der Waals surface area contributed by atoms with E-state index in [-0.39, 0.29) is 18.8 Å². The van der Waals surface area contributed by atoms with Gasteiger partial charge in [0.1, 0.15) is 5.82 Å². The molecule has 10 heteroatoms. The summed E-state index contributed by atoms with van der Waals surface area (Å²) in [6, 6.07) is 4.17. The minimum atomic E-state index is -3.41. The van der Waals surface area contributed by atoms with E-state index in [9.17, 15) is 13.5 Å². The average Bonchev–Trinajstić information content (AvgIpc) is 2.79. The predicted octanol–water partition coefficient (Wildman–Crippen LogP) is 3.37. The smallest absolute Gasteiger partial charge is 0.264 e. The molecule has 1 fully saturated rings. The van der Waals surface area contributed by atoms with Gasteiger partial charge in [-0.05, 0) is 56.6 Å². The lowest BCUT2D eigenvalue weighted by molar-refractivity contribution is 0.126. The van der Waals surface area contributed by atoms with Crippen LogP contribution in [0.3, 0.4) is 0 Å². The number of aromatic nitrogens is 3. The second-order valence-corrected chi connectivity index (χ2v) is 10.2. The first-order valence-electron chi connectivity index (χ1n) is 11.7. The second-order valence-electron chi connectivity index (χ2n) is 8.57. The Hall–Kier alpha value is -2.30. The first kappa shape index (κ1) is 25.3. The first-order chi connectivity index (χ1) is 15.8. The fraction of sp³-hybridized carbons (Fsp3) is 0.609.